The fourth-order valence-corrected chi connectivity index (χ4v) is 5.70. The van der Waals surface area contributed by atoms with E-state index in [1.54, 1.807) is 7.05 Å². The lowest BCUT2D eigenvalue weighted by atomic mass is 10.0. The van der Waals surface area contributed by atoms with E-state index in [1.165, 1.54) is 70.6 Å². The van der Waals surface area contributed by atoms with Crippen LogP contribution in [-0.4, -0.2) is 97.1 Å². The number of rotatable bonds is 38. The Bertz CT molecular complexity index is 1000. The first-order chi connectivity index (χ1) is 30.4. The van der Waals surface area contributed by atoms with E-state index in [2.05, 4.69) is 65.3 Å². The molecule has 0 aliphatic carbocycles. The van der Waals surface area contributed by atoms with Crippen LogP contribution in [-0.2, 0) is 33.6 Å². The second-order valence-corrected chi connectivity index (χ2v) is 15.0. The van der Waals surface area contributed by atoms with E-state index >= 15 is 0 Å². The third-order valence-corrected chi connectivity index (χ3v) is 9.65. The van der Waals surface area contributed by atoms with Gasteiger partial charge in [0.1, 0.15) is 12.3 Å². The number of thiol groups is 2. The Hall–Kier alpha value is -2.73. The van der Waals surface area contributed by atoms with Gasteiger partial charge in [0.05, 0.1) is 6.04 Å². The molecule has 0 aromatic rings. The molecule has 17 heteroatoms. The Kier molecular flexibility index (Phi) is 75.2. The first-order valence-electron chi connectivity index (χ1n) is 23.9. The maximum Gasteiger partial charge on any atom is 0.320 e. The summed E-state index contributed by atoms with van der Waals surface area (Å²) in [6.45, 7) is 14.2. The van der Waals surface area contributed by atoms with E-state index in [0.29, 0.717) is 57.0 Å². The van der Waals surface area contributed by atoms with Crippen molar-refractivity contribution in [3.05, 3.63) is 0 Å². The lowest BCUT2D eigenvalue weighted by Crippen LogP contribution is -2.41. The molecular formula is C46H96N6O9S2. The predicted octanol–water partition coefficient (Wildman–Crippen LogP) is 8.37. The average Bonchev–Trinajstić information content (AvgIpc) is 3.28. The number of carboxylic acids is 2. The van der Waals surface area contributed by atoms with Crippen molar-refractivity contribution in [2.24, 2.45) is 5.73 Å². The minimum absolute atomic E-state index is 0.0667. The molecule has 0 rings (SSSR count). The van der Waals surface area contributed by atoms with Crippen molar-refractivity contribution in [3.63, 3.8) is 0 Å². The number of nitrogens with two attached hydrogens (primary N) is 1. The van der Waals surface area contributed by atoms with Crippen LogP contribution < -0.4 is 31.7 Å². The molecule has 0 aromatic heterocycles. The highest BCUT2D eigenvalue weighted by molar-refractivity contribution is 7.94. The zero-order chi connectivity index (χ0) is 49.2. The third kappa shape index (κ3) is 71.2. The number of carbonyl (C=O) groups is 7. The van der Waals surface area contributed by atoms with Gasteiger partial charge in [-0.1, -0.05) is 137 Å². The largest absolute Gasteiger partial charge is 0.481 e. The van der Waals surface area contributed by atoms with Crippen LogP contribution in [0.1, 0.15) is 208 Å². The highest BCUT2D eigenvalue weighted by Gasteiger charge is 2.16. The van der Waals surface area contributed by atoms with Crippen molar-refractivity contribution in [2.45, 2.75) is 227 Å². The summed E-state index contributed by atoms with van der Waals surface area (Å²) in [5.74, 6) is -1.74. The zero-order valence-electron chi connectivity index (χ0n) is 40.7. The quantitative estimate of drug-likeness (QED) is 0.0159. The van der Waals surface area contributed by atoms with Crippen LogP contribution in [0.2, 0.25) is 0 Å². The molecule has 15 nitrogen and oxygen atoms in total. The smallest absolute Gasteiger partial charge is 0.320 e. The fourth-order valence-electron chi connectivity index (χ4n) is 5.57. The summed E-state index contributed by atoms with van der Waals surface area (Å²) in [7, 11) is 1.58. The summed E-state index contributed by atoms with van der Waals surface area (Å²) in [6, 6.07) is -0.707. The molecule has 0 saturated heterocycles. The van der Waals surface area contributed by atoms with Crippen molar-refractivity contribution < 1.29 is 43.8 Å². The Labute approximate surface area is 394 Å². The van der Waals surface area contributed by atoms with Crippen LogP contribution in [0, 0.1) is 0 Å². The molecule has 0 aliphatic rings. The van der Waals surface area contributed by atoms with E-state index in [0.717, 1.165) is 76.9 Å². The standard InChI is InChI=1S/C16H30O3.C13H28N4O2S.C12H24N2O3.2C2H6.CH2OS/c17-15-13-11-9-7-5-3-1-2-4-6-8-10-12-14-16(18)19;1-11(17-20)6-2-5-9-16-13(19)12(14)7-3-4-8-15-10-18;1-3-4-5-6-9-14-11(15)8-7-10(13-2)12(16)17;2*1-2;2-1-3/h15H,1-14H2,(H,18,19);10-12,17,20H,2-9,14H2,1H3,(H,15,18)(H,16,19);10,13H,3-9H2,1-2H3,(H,14,15)(H,16,17);2*1-2H3;1H,(H,2,3). The molecule has 0 aliphatic heterocycles. The molecule has 9 N–H and O–H groups in total. The van der Waals surface area contributed by atoms with Crippen molar-refractivity contribution in [1.29, 1.82) is 0 Å². The van der Waals surface area contributed by atoms with Gasteiger partial charge in [0.25, 0.3) is 0 Å². The molecule has 0 aromatic carbocycles. The third-order valence-electron chi connectivity index (χ3n) is 9.21. The Morgan fingerprint density at radius 3 is 1.56 bits per heavy atom. The number of likely N-dealkylation sites (N-methyl/N-ethyl adjacent to an activating group) is 1. The van der Waals surface area contributed by atoms with E-state index in [9.17, 15) is 28.8 Å². The number of carbonyl (C=O) groups excluding carboxylic acids is 5. The topological polar surface area (TPSA) is 246 Å². The fraction of sp³-hybridized carbons (Fsp3) is 0.848. The summed E-state index contributed by atoms with van der Waals surface area (Å²) < 4.78 is 2.88. The van der Waals surface area contributed by atoms with Crippen LogP contribution in [0.3, 0.4) is 0 Å². The molecule has 0 spiro atoms. The van der Waals surface area contributed by atoms with Gasteiger partial charge < -0.3 is 42.0 Å². The molecule has 0 radical (unpaired) electrons. The van der Waals surface area contributed by atoms with Crippen LogP contribution in [0.25, 0.3) is 0 Å². The van der Waals surface area contributed by atoms with Gasteiger partial charge in [-0.25, -0.2) is 0 Å². The minimum atomic E-state index is -0.914. The summed E-state index contributed by atoms with van der Waals surface area (Å²) in [4.78, 5) is 72.9. The van der Waals surface area contributed by atoms with Gasteiger partial charge >= 0.3 is 11.9 Å². The molecule has 63 heavy (non-hydrogen) atoms. The normalized spacial score (nSPS) is 11.1. The second kappa shape index (κ2) is 65.9. The Balaban J connectivity index is -0.000000180. The van der Waals surface area contributed by atoms with Crippen molar-refractivity contribution >= 4 is 67.5 Å². The molecule has 3 amide bonds. The number of aliphatic carboxylic acids is 2. The summed E-state index contributed by atoms with van der Waals surface area (Å²) >= 11 is 7.10. The van der Waals surface area contributed by atoms with E-state index in [4.69, 9.17) is 20.7 Å². The zero-order valence-corrected chi connectivity index (χ0v) is 42.5. The highest BCUT2D eigenvalue weighted by atomic mass is 32.1. The molecule has 0 heterocycles. The van der Waals surface area contributed by atoms with E-state index < -0.39 is 24.0 Å². The Morgan fingerprint density at radius 1 is 0.635 bits per heavy atom. The average molecular weight is 941 g/mol. The monoisotopic (exact) mass is 941 g/mol. The molecule has 3 unspecified atom stereocenters. The van der Waals surface area contributed by atoms with Crippen molar-refractivity contribution in [2.75, 3.05) is 26.7 Å². The van der Waals surface area contributed by atoms with E-state index in [1.807, 2.05) is 27.7 Å². The highest BCUT2D eigenvalue weighted by Crippen LogP contribution is 2.13. The van der Waals surface area contributed by atoms with E-state index in [-0.39, 0.29) is 18.2 Å². The number of hydrogen-bond acceptors (Lipinski definition) is 11. The maximum atomic E-state index is 11.7. The van der Waals surface area contributed by atoms with Crippen LogP contribution in [0.15, 0.2) is 0 Å². The van der Waals surface area contributed by atoms with Crippen molar-refractivity contribution in [3.8, 4) is 0 Å². The summed E-state index contributed by atoms with van der Waals surface area (Å²) in [6.07, 6.45) is 27.5. The number of unbranched alkanes of at least 4 members (excludes halogenated alkanes) is 17. The van der Waals surface area contributed by atoms with Crippen LogP contribution >= 0.6 is 25.4 Å². The SMILES string of the molecule is CC.CC.CC(CCCCNC(=O)C(N)CCCCNC=O)NS.CCCCCCNC(=O)CCC(NC)C(=O)O.O=CCCCCCCCCCCCCCCC(=O)O.O=CS. The lowest BCUT2D eigenvalue weighted by molar-refractivity contribution is -0.140. The predicted molar refractivity (Wildman–Crippen MR) is 268 cm³/mol. The van der Waals surface area contributed by atoms with Gasteiger partial charge in [0.2, 0.25) is 18.2 Å². The van der Waals surface area contributed by atoms with Gasteiger partial charge in [-0.15, -0.1) is 12.6 Å². The van der Waals surface area contributed by atoms with Gasteiger partial charge in [0, 0.05) is 44.9 Å². The number of aldehydes is 1. The van der Waals surface area contributed by atoms with Gasteiger partial charge in [-0.3, -0.25) is 33.5 Å². The van der Waals surface area contributed by atoms with Gasteiger partial charge in [0.15, 0.2) is 5.62 Å². The van der Waals surface area contributed by atoms with Crippen LogP contribution in [0.4, 0.5) is 0 Å². The number of nitrogens with one attached hydrogen (secondary N) is 5. The molecule has 3 atom stereocenters. The maximum absolute atomic E-state index is 11.7. The van der Waals surface area contributed by atoms with Crippen molar-refractivity contribution in [1.82, 2.24) is 26.0 Å². The van der Waals surface area contributed by atoms with Gasteiger partial charge in [-0.05, 0) is 71.8 Å². The van der Waals surface area contributed by atoms with Crippen LogP contribution in [0.5, 0.6) is 0 Å². The number of amides is 3. The minimum Gasteiger partial charge on any atom is -0.481 e. The number of carboxylic acid groups (broad SMARTS) is 2. The number of hydrogen-bond donors (Lipinski definition) is 10. The molecule has 376 valence electrons. The second-order valence-electron chi connectivity index (χ2n) is 14.6. The molecule has 0 saturated carbocycles. The Morgan fingerprint density at radius 2 is 1.10 bits per heavy atom. The first-order valence-corrected chi connectivity index (χ1v) is 24.9. The summed E-state index contributed by atoms with van der Waals surface area (Å²) in [5, 5.41) is 28.1. The lowest BCUT2D eigenvalue weighted by Gasteiger charge is -2.13. The first kappa shape index (κ1) is 71.9. The molecule has 0 bridgehead atoms. The molecular weight excluding hydrogens is 845 g/mol. The summed E-state index contributed by atoms with van der Waals surface area (Å²) in [5.41, 5.74) is 6.24. The molecule has 0 fully saturated rings. The van der Waals surface area contributed by atoms with Gasteiger partial charge in [-0.2, -0.15) is 0 Å².